The van der Waals surface area contributed by atoms with Crippen molar-refractivity contribution in [3.05, 3.63) is 34.9 Å². The fourth-order valence-electron chi connectivity index (χ4n) is 1.45. The normalized spacial score (nSPS) is 10.5. The SMILES string of the molecule is CC(C)C(=O)c1ccc(C(=O)O)cc1CN. The second-order valence-corrected chi connectivity index (χ2v) is 3.90. The van der Waals surface area contributed by atoms with Gasteiger partial charge < -0.3 is 10.8 Å². The molecule has 0 radical (unpaired) electrons. The average molecular weight is 221 g/mol. The van der Waals surface area contributed by atoms with E-state index in [0.29, 0.717) is 11.1 Å². The standard InChI is InChI=1S/C12H15NO3/c1-7(2)11(14)10-4-3-8(12(15)16)5-9(10)6-13/h3-5,7H,6,13H2,1-2H3,(H,15,16). The summed E-state index contributed by atoms with van der Waals surface area (Å²) in [5.74, 6) is -1.16. The van der Waals surface area contributed by atoms with Crippen LogP contribution in [0.5, 0.6) is 0 Å². The highest BCUT2D eigenvalue weighted by atomic mass is 16.4. The first-order chi connectivity index (χ1) is 7.47. The fraction of sp³-hybridized carbons (Fsp3) is 0.333. The molecular formula is C12H15NO3. The predicted molar refractivity (Wildman–Crippen MR) is 60.5 cm³/mol. The minimum Gasteiger partial charge on any atom is -0.478 e. The Balaban J connectivity index is 3.22. The molecule has 3 N–H and O–H groups in total. The van der Waals surface area contributed by atoms with Gasteiger partial charge in [0.1, 0.15) is 0 Å². The molecule has 1 rings (SSSR count). The Bertz CT molecular complexity index is 424. The van der Waals surface area contributed by atoms with Crippen LogP contribution in [0.1, 0.15) is 40.1 Å². The summed E-state index contributed by atoms with van der Waals surface area (Å²) >= 11 is 0. The second-order valence-electron chi connectivity index (χ2n) is 3.90. The quantitative estimate of drug-likeness (QED) is 0.758. The molecule has 86 valence electrons. The largest absolute Gasteiger partial charge is 0.478 e. The summed E-state index contributed by atoms with van der Waals surface area (Å²) in [5.41, 5.74) is 6.76. The number of carbonyl (C=O) groups excluding carboxylic acids is 1. The molecule has 0 aromatic heterocycles. The van der Waals surface area contributed by atoms with Crippen LogP contribution < -0.4 is 5.73 Å². The van der Waals surface area contributed by atoms with Gasteiger partial charge in [-0.1, -0.05) is 19.9 Å². The van der Waals surface area contributed by atoms with Gasteiger partial charge in [0, 0.05) is 18.0 Å². The van der Waals surface area contributed by atoms with E-state index >= 15 is 0 Å². The van der Waals surface area contributed by atoms with E-state index in [9.17, 15) is 9.59 Å². The summed E-state index contributed by atoms with van der Waals surface area (Å²) in [6.07, 6.45) is 0. The maximum Gasteiger partial charge on any atom is 0.335 e. The lowest BCUT2D eigenvalue weighted by molar-refractivity contribution is 0.0696. The van der Waals surface area contributed by atoms with E-state index in [0.717, 1.165) is 0 Å². The topological polar surface area (TPSA) is 80.4 Å². The molecule has 0 bridgehead atoms. The summed E-state index contributed by atoms with van der Waals surface area (Å²) in [5, 5.41) is 8.82. The maximum atomic E-state index is 11.8. The van der Waals surface area contributed by atoms with Crippen LogP contribution in [0.3, 0.4) is 0 Å². The fourth-order valence-corrected chi connectivity index (χ4v) is 1.45. The molecule has 16 heavy (non-hydrogen) atoms. The van der Waals surface area contributed by atoms with Crippen molar-refractivity contribution in [2.75, 3.05) is 0 Å². The highest BCUT2D eigenvalue weighted by Crippen LogP contribution is 2.16. The first kappa shape index (κ1) is 12.4. The first-order valence-electron chi connectivity index (χ1n) is 5.08. The van der Waals surface area contributed by atoms with Crippen molar-refractivity contribution >= 4 is 11.8 Å². The third kappa shape index (κ3) is 2.46. The third-order valence-electron chi connectivity index (χ3n) is 2.36. The summed E-state index contributed by atoms with van der Waals surface area (Å²) in [6.45, 7) is 3.76. The number of rotatable bonds is 4. The molecule has 0 aliphatic rings. The van der Waals surface area contributed by atoms with Crippen molar-refractivity contribution in [2.24, 2.45) is 11.7 Å². The molecule has 4 nitrogen and oxygen atoms in total. The van der Waals surface area contributed by atoms with Crippen LogP contribution in [0.4, 0.5) is 0 Å². The van der Waals surface area contributed by atoms with Crippen LogP contribution >= 0.6 is 0 Å². The Hall–Kier alpha value is -1.68. The number of hydrogen-bond acceptors (Lipinski definition) is 3. The molecular weight excluding hydrogens is 206 g/mol. The summed E-state index contributed by atoms with van der Waals surface area (Å²) < 4.78 is 0. The van der Waals surface area contributed by atoms with E-state index in [4.69, 9.17) is 10.8 Å². The minimum atomic E-state index is -1.02. The summed E-state index contributed by atoms with van der Waals surface area (Å²) in [4.78, 5) is 22.6. The van der Waals surface area contributed by atoms with Gasteiger partial charge in [-0.05, 0) is 17.7 Å². The van der Waals surface area contributed by atoms with Crippen molar-refractivity contribution < 1.29 is 14.7 Å². The Morgan fingerprint density at radius 3 is 2.44 bits per heavy atom. The average Bonchev–Trinajstić information content (AvgIpc) is 2.26. The monoisotopic (exact) mass is 221 g/mol. The molecule has 0 saturated carbocycles. The van der Waals surface area contributed by atoms with Crippen LogP contribution in [-0.2, 0) is 6.54 Å². The molecule has 0 saturated heterocycles. The Morgan fingerprint density at radius 1 is 1.38 bits per heavy atom. The van der Waals surface area contributed by atoms with E-state index in [1.54, 1.807) is 13.8 Å². The van der Waals surface area contributed by atoms with Gasteiger partial charge in [-0.15, -0.1) is 0 Å². The molecule has 0 aliphatic carbocycles. The van der Waals surface area contributed by atoms with Gasteiger partial charge in [-0.2, -0.15) is 0 Å². The number of carbonyl (C=O) groups is 2. The van der Waals surface area contributed by atoms with E-state index < -0.39 is 5.97 Å². The van der Waals surface area contributed by atoms with Gasteiger partial charge in [0.15, 0.2) is 5.78 Å². The smallest absolute Gasteiger partial charge is 0.335 e. The van der Waals surface area contributed by atoms with Gasteiger partial charge in [0.05, 0.1) is 5.56 Å². The number of hydrogen-bond donors (Lipinski definition) is 2. The van der Waals surface area contributed by atoms with Crippen LogP contribution in [0.15, 0.2) is 18.2 Å². The lowest BCUT2D eigenvalue weighted by Gasteiger charge is -2.10. The minimum absolute atomic E-state index is 0.0163. The van der Waals surface area contributed by atoms with Crippen molar-refractivity contribution in [2.45, 2.75) is 20.4 Å². The number of ketones is 1. The lowest BCUT2D eigenvalue weighted by Crippen LogP contribution is -2.13. The van der Waals surface area contributed by atoms with Crippen molar-refractivity contribution in [3.63, 3.8) is 0 Å². The van der Waals surface area contributed by atoms with E-state index in [1.165, 1.54) is 18.2 Å². The molecule has 0 amide bonds. The van der Waals surface area contributed by atoms with E-state index in [-0.39, 0.29) is 23.8 Å². The highest BCUT2D eigenvalue weighted by molar-refractivity contribution is 6.00. The maximum absolute atomic E-state index is 11.8. The number of benzene rings is 1. The Kier molecular flexibility index (Phi) is 3.79. The lowest BCUT2D eigenvalue weighted by atomic mass is 9.95. The van der Waals surface area contributed by atoms with Crippen LogP contribution in [-0.4, -0.2) is 16.9 Å². The molecule has 0 fully saturated rings. The van der Waals surface area contributed by atoms with Gasteiger partial charge in [-0.25, -0.2) is 4.79 Å². The number of carboxylic acids is 1. The van der Waals surface area contributed by atoms with Crippen LogP contribution in [0.2, 0.25) is 0 Å². The molecule has 1 aromatic rings. The Labute approximate surface area is 94.1 Å². The highest BCUT2D eigenvalue weighted by Gasteiger charge is 2.15. The second kappa shape index (κ2) is 4.90. The van der Waals surface area contributed by atoms with Gasteiger partial charge in [0.25, 0.3) is 0 Å². The van der Waals surface area contributed by atoms with Crippen molar-refractivity contribution in [3.8, 4) is 0 Å². The number of carboxylic acid groups (broad SMARTS) is 1. The van der Waals surface area contributed by atoms with Gasteiger partial charge in [-0.3, -0.25) is 4.79 Å². The molecule has 0 heterocycles. The van der Waals surface area contributed by atoms with Crippen LogP contribution in [0, 0.1) is 5.92 Å². The molecule has 1 aromatic carbocycles. The van der Waals surface area contributed by atoms with Crippen molar-refractivity contribution in [1.82, 2.24) is 0 Å². The summed E-state index contributed by atoms with van der Waals surface area (Å²) in [7, 11) is 0. The van der Waals surface area contributed by atoms with Gasteiger partial charge in [0.2, 0.25) is 0 Å². The molecule has 0 unspecified atom stereocenters. The zero-order chi connectivity index (χ0) is 12.3. The first-order valence-corrected chi connectivity index (χ1v) is 5.08. The van der Waals surface area contributed by atoms with E-state index in [1.807, 2.05) is 0 Å². The molecule has 0 spiro atoms. The number of Topliss-reactive ketones (excluding diaryl/α,β-unsaturated/α-hetero) is 1. The van der Waals surface area contributed by atoms with Crippen LogP contribution in [0.25, 0.3) is 0 Å². The Morgan fingerprint density at radius 2 is 2.00 bits per heavy atom. The number of aromatic carboxylic acids is 1. The van der Waals surface area contributed by atoms with Gasteiger partial charge >= 0.3 is 5.97 Å². The van der Waals surface area contributed by atoms with E-state index in [2.05, 4.69) is 0 Å². The third-order valence-corrected chi connectivity index (χ3v) is 2.36. The number of nitrogens with two attached hydrogens (primary N) is 1. The zero-order valence-corrected chi connectivity index (χ0v) is 9.36. The predicted octanol–water partition coefficient (Wildman–Crippen LogP) is 1.68. The summed E-state index contributed by atoms with van der Waals surface area (Å²) in [6, 6.07) is 4.42. The molecule has 0 atom stereocenters. The van der Waals surface area contributed by atoms with Crippen molar-refractivity contribution in [1.29, 1.82) is 0 Å². The molecule has 0 aliphatic heterocycles. The zero-order valence-electron chi connectivity index (χ0n) is 9.36. The molecule has 4 heteroatoms.